The Labute approximate surface area is 225 Å². The van der Waals surface area contributed by atoms with Gasteiger partial charge in [0, 0.05) is 0 Å². The molecule has 0 amide bonds. The van der Waals surface area contributed by atoms with Gasteiger partial charge in [-0.1, -0.05) is 30.3 Å². The largest absolute Gasteiger partial charge is 0.366 e. The van der Waals surface area contributed by atoms with Crippen molar-refractivity contribution in [3.63, 3.8) is 0 Å². The molecular formula is C25H31N6O7P. The molecule has 208 valence electrons. The molecule has 14 heteroatoms. The van der Waals surface area contributed by atoms with Crippen LogP contribution in [-0.4, -0.2) is 68.1 Å². The van der Waals surface area contributed by atoms with Gasteiger partial charge >= 0.3 is 7.60 Å². The van der Waals surface area contributed by atoms with E-state index in [0.717, 1.165) is 5.56 Å². The maximum atomic E-state index is 12.0. The molecule has 4 heterocycles. The van der Waals surface area contributed by atoms with Crippen molar-refractivity contribution >= 4 is 24.6 Å². The molecule has 2 saturated heterocycles. The first-order valence-electron chi connectivity index (χ1n) is 12.6. The van der Waals surface area contributed by atoms with Gasteiger partial charge in [-0.05, 0) is 33.3 Å². The van der Waals surface area contributed by atoms with Gasteiger partial charge in [-0.3, -0.25) is 9.13 Å². The van der Waals surface area contributed by atoms with Crippen LogP contribution in [0.3, 0.4) is 0 Å². The molecule has 0 spiro atoms. The lowest BCUT2D eigenvalue weighted by Gasteiger charge is -2.25. The van der Waals surface area contributed by atoms with Crippen molar-refractivity contribution in [1.29, 1.82) is 5.26 Å². The lowest BCUT2D eigenvalue weighted by atomic mass is 10.1. The van der Waals surface area contributed by atoms with Crippen LogP contribution in [0.25, 0.3) is 11.2 Å². The van der Waals surface area contributed by atoms with Gasteiger partial charge in [0.25, 0.3) is 0 Å². The van der Waals surface area contributed by atoms with E-state index in [2.05, 4.69) is 20.3 Å². The zero-order valence-electron chi connectivity index (χ0n) is 22.1. The van der Waals surface area contributed by atoms with Crippen molar-refractivity contribution in [2.24, 2.45) is 0 Å². The van der Waals surface area contributed by atoms with E-state index in [1.54, 1.807) is 31.7 Å². The van der Waals surface area contributed by atoms with E-state index >= 15 is 0 Å². The number of anilines is 1. The third-order valence-corrected chi connectivity index (χ3v) is 7.61. The van der Waals surface area contributed by atoms with Crippen LogP contribution in [0.15, 0.2) is 36.7 Å². The summed E-state index contributed by atoms with van der Waals surface area (Å²) in [7, 11) is -3.87. The number of benzene rings is 1. The number of hydrogen-bond donors (Lipinski definition) is 2. The minimum absolute atomic E-state index is 0.0266. The molecule has 6 atom stereocenters. The van der Waals surface area contributed by atoms with Gasteiger partial charge in [0.2, 0.25) is 5.82 Å². The lowest BCUT2D eigenvalue weighted by molar-refractivity contribution is -0.201. The zero-order chi connectivity index (χ0) is 27.8. The van der Waals surface area contributed by atoms with E-state index in [4.69, 9.17) is 23.5 Å². The van der Waals surface area contributed by atoms with Gasteiger partial charge in [-0.2, -0.15) is 15.2 Å². The molecule has 1 aromatic carbocycles. The molecule has 2 fully saturated rings. The Balaban J connectivity index is 1.43. The van der Waals surface area contributed by atoms with E-state index < -0.39 is 44.3 Å². The number of aromatic nitrogens is 4. The number of hydrogen-bond acceptors (Lipinski definition) is 11. The van der Waals surface area contributed by atoms with Crippen LogP contribution in [0.5, 0.6) is 0 Å². The van der Waals surface area contributed by atoms with E-state index in [1.807, 2.05) is 43.3 Å². The lowest BCUT2D eigenvalue weighted by Crippen LogP contribution is -2.33. The van der Waals surface area contributed by atoms with Crippen LogP contribution in [0, 0.1) is 11.3 Å². The average molecular weight is 559 g/mol. The fraction of sp³-hybridized carbons (Fsp3) is 0.520. The Kier molecular flexibility index (Phi) is 7.72. The summed E-state index contributed by atoms with van der Waals surface area (Å²) in [5.41, 5.74) is 1.90. The van der Waals surface area contributed by atoms with Gasteiger partial charge in [-0.25, -0.2) is 4.98 Å². The highest BCUT2D eigenvalue weighted by molar-refractivity contribution is 7.52. The number of nitriles is 1. The summed E-state index contributed by atoms with van der Waals surface area (Å²) < 4.78 is 42.7. The standard InChI is InChI=1S/C25H31N6O7P/c1-5-35-39(32,33)14-34-12-17-20-21(38-25(3,4)37-20)24(36-17)31-13-27-19-22(29-18(11-26)30-23(19)31)28-15(2)16-9-7-6-8-10-16/h6-10,13,15,17,20-21,24H,5,12,14H2,1-4H3,(H,32,33)(H,28,29,30)/t15?,17-,20-,21-,24-/m1/s1. The van der Waals surface area contributed by atoms with Gasteiger partial charge < -0.3 is 33.7 Å². The molecule has 0 aliphatic carbocycles. The normalized spacial score (nSPS) is 26.2. The summed E-state index contributed by atoms with van der Waals surface area (Å²) in [6, 6.07) is 11.8. The first-order valence-corrected chi connectivity index (χ1v) is 14.4. The maximum absolute atomic E-state index is 12.0. The van der Waals surface area contributed by atoms with E-state index in [9.17, 15) is 14.7 Å². The second-order valence-corrected chi connectivity index (χ2v) is 11.6. The number of ether oxygens (including phenoxy) is 4. The number of nitrogens with zero attached hydrogens (tertiary/aromatic N) is 5. The smallest absolute Gasteiger partial charge is 0.353 e. The summed E-state index contributed by atoms with van der Waals surface area (Å²) in [4.78, 5) is 23.2. The van der Waals surface area contributed by atoms with Crippen molar-refractivity contribution in [2.45, 2.75) is 64.1 Å². The highest BCUT2D eigenvalue weighted by Crippen LogP contribution is 2.45. The Morgan fingerprint density at radius 1 is 1.26 bits per heavy atom. The molecule has 2 unspecified atom stereocenters. The number of rotatable bonds is 10. The van der Waals surface area contributed by atoms with Crippen molar-refractivity contribution < 1.29 is 32.9 Å². The van der Waals surface area contributed by atoms with Crippen LogP contribution in [0.1, 0.15) is 51.4 Å². The Morgan fingerprint density at radius 2 is 2.00 bits per heavy atom. The first-order chi connectivity index (χ1) is 18.6. The second-order valence-electron chi connectivity index (χ2n) is 9.79. The zero-order valence-corrected chi connectivity index (χ0v) is 22.9. The summed E-state index contributed by atoms with van der Waals surface area (Å²) in [6.07, 6.45) is -1.33. The molecular weight excluding hydrogens is 527 g/mol. The number of nitrogens with one attached hydrogen (secondary N) is 1. The minimum atomic E-state index is -3.87. The van der Waals surface area contributed by atoms with Crippen LogP contribution >= 0.6 is 7.60 Å². The third kappa shape index (κ3) is 5.83. The predicted octanol–water partition coefficient (Wildman–Crippen LogP) is 3.48. The first kappa shape index (κ1) is 27.6. The summed E-state index contributed by atoms with van der Waals surface area (Å²) >= 11 is 0. The molecule has 5 rings (SSSR count). The Bertz CT molecular complexity index is 1410. The fourth-order valence-electron chi connectivity index (χ4n) is 4.82. The molecule has 13 nitrogen and oxygen atoms in total. The monoisotopic (exact) mass is 558 g/mol. The van der Waals surface area contributed by atoms with Crippen LogP contribution in [0.2, 0.25) is 0 Å². The topological polar surface area (TPSA) is 163 Å². The Hall–Kier alpha value is -2.95. The highest BCUT2D eigenvalue weighted by Gasteiger charge is 2.56. The van der Waals surface area contributed by atoms with Crippen LogP contribution in [-0.2, 0) is 28.0 Å². The fourth-order valence-corrected chi connectivity index (χ4v) is 5.64. The molecule has 39 heavy (non-hydrogen) atoms. The number of fused-ring (bicyclic) bond motifs is 2. The summed E-state index contributed by atoms with van der Waals surface area (Å²) in [6.45, 7) is 7.28. The minimum Gasteiger partial charge on any atom is -0.366 e. The van der Waals surface area contributed by atoms with Crippen LogP contribution in [0.4, 0.5) is 5.82 Å². The van der Waals surface area contributed by atoms with E-state index in [1.165, 1.54) is 0 Å². The predicted molar refractivity (Wildman–Crippen MR) is 139 cm³/mol. The molecule has 2 aliphatic heterocycles. The quantitative estimate of drug-likeness (QED) is 0.349. The summed E-state index contributed by atoms with van der Waals surface area (Å²) in [5, 5.41) is 13.0. The second kappa shape index (κ2) is 10.9. The third-order valence-electron chi connectivity index (χ3n) is 6.44. The number of imidazole rings is 1. The molecule has 0 radical (unpaired) electrons. The summed E-state index contributed by atoms with van der Waals surface area (Å²) in [5.74, 6) is -0.506. The Morgan fingerprint density at radius 3 is 2.72 bits per heavy atom. The average Bonchev–Trinajstić information content (AvgIpc) is 3.55. The molecule has 3 aromatic rings. The van der Waals surface area contributed by atoms with Crippen LogP contribution < -0.4 is 5.32 Å². The SMILES string of the molecule is CCOP(=O)(O)COC[C@H]1O[C@@H](n2cnc3c(NC(C)c4ccccc4)nc(C#N)nc32)[C@@H]2OC(C)(C)O[C@@H]21. The van der Waals surface area contributed by atoms with Crippen molar-refractivity contribution in [3.05, 3.63) is 48.0 Å². The highest BCUT2D eigenvalue weighted by atomic mass is 31.2. The van der Waals surface area contributed by atoms with Gasteiger partial charge in [0.05, 0.1) is 25.6 Å². The van der Waals surface area contributed by atoms with E-state index in [0.29, 0.717) is 17.0 Å². The van der Waals surface area contributed by atoms with Gasteiger partial charge in [0.1, 0.15) is 30.7 Å². The van der Waals surface area contributed by atoms with Crippen molar-refractivity contribution in [2.75, 3.05) is 24.9 Å². The molecule has 0 saturated carbocycles. The molecule has 0 bridgehead atoms. The van der Waals surface area contributed by atoms with Gasteiger partial charge in [-0.15, -0.1) is 0 Å². The van der Waals surface area contributed by atoms with Crippen molar-refractivity contribution in [1.82, 2.24) is 19.5 Å². The molecule has 2 aliphatic rings. The van der Waals surface area contributed by atoms with E-state index in [-0.39, 0.29) is 25.1 Å². The maximum Gasteiger partial charge on any atom is 0.353 e. The van der Waals surface area contributed by atoms with Crippen molar-refractivity contribution in [3.8, 4) is 6.07 Å². The molecule has 2 aromatic heterocycles. The van der Waals surface area contributed by atoms with Gasteiger partial charge in [0.15, 0.2) is 29.0 Å². The molecule has 2 N–H and O–H groups in total.